The van der Waals surface area contributed by atoms with E-state index in [-0.39, 0.29) is 25.0 Å². The standard InChI is InChI=1S/C15H13BrN4O3/c1-3-4-23-14-10(16)5-9(6-12(14)22-2)11-7-13(21)19-15-17-8-18-20(11)15/h1,5-6,8,11H,4,7H2,2H3,(H,17,18,19,21)/t11-/m0/s1. The van der Waals surface area contributed by atoms with Gasteiger partial charge >= 0.3 is 0 Å². The Morgan fingerprint density at radius 1 is 1.57 bits per heavy atom. The highest BCUT2D eigenvalue weighted by atomic mass is 79.9. The number of carbonyl (C=O) groups is 1. The first-order valence-electron chi connectivity index (χ1n) is 6.77. The van der Waals surface area contributed by atoms with Gasteiger partial charge in [-0.15, -0.1) is 6.42 Å². The SMILES string of the molecule is C#CCOc1c(Br)cc([C@@H]2CC(=O)Nc3ncnn32)cc1OC. The molecule has 1 atom stereocenters. The molecule has 1 aromatic carbocycles. The van der Waals surface area contributed by atoms with Gasteiger partial charge in [0.15, 0.2) is 11.5 Å². The Kier molecular flexibility index (Phi) is 4.21. The third-order valence-electron chi connectivity index (χ3n) is 3.43. The molecule has 23 heavy (non-hydrogen) atoms. The molecule has 8 heteroatoms. The number of ether oxygens (including phenoxy) is 2. The summed E-state index contributed by atoms with van der Waals surface area (Å²) in [6, 6.07) is 3.40. The number of fused-ring (bicyclic) bond motifs is 1. The van der Waals surface area contributed by atoms with Gasteiger partial charge in [0.2, 0.25) is 11.9 Å². The molecule has 0 saturated heterocycles. The van der Waals surface area contributed by atoms with Gasteiger partial charge in [-0.3, -0.25) is 10.1 Å². The lowest BCUT2D eigenvalue weighted by molar-refractivity contribution is -0.117. The van der Waals surface area contributed by atoms with Crippen molar-refractivity contribution in [2.75, 3.05) is 19.0 Å². The molecule has 3 rings (SSSR count). The Labute approximate surface area is 141 Å². The van der Waals surface area contributed by atoms with Crippen LogP contribution in [0.1, 0.15) is 18.0 Å². The van der Waals surface area contributed by atoms with E-state index in [1.165, 1.54) is 6.33 Å². The van der Waals surface area contributed by atoms with Gasteiger partial charge in [-0.2, -0.15) is 10.1 Å². The first-order chi connectivity index (χ1) is 11.1. The van der Waals surface area contributed by atoms with Crippen molar-refractivity contribution in [3.05, 3.63) is 28.5 Å². The average molecular weight is 377 g/mol. The fourth-order valence-electron chi connectivity index (χ4n) is 2.45. The van der Waals surface area contributed by atoms with Crippen molar-refractivity contribution >= 4 is 27.8 Å². The summed E-state index contributed by atoms with van der Waals surface area (Å²) in [7, 11) is 1.54. The Balaban J connectivity index is 2.03. The number of terminal acetylenes is 1. The summed E-state index contributed by atoms with van der Waals surface area (Å²) in [5.74, 6) is 3.77. The average Bonchev–Trinajstić information content (AvgIpc) is 3.00. The van der Waals surface area contributed by atoms with Gasteiger partial charge in [-0.1, -0.05) is 5.92 Å². The molecule has 2 heterocycles. The van der Waals surface area contributed by atoms with Gasteiger partial charge in [0.05, 0.1) is 24.0 Å². The molecule has 0 radical (unpaired) electrons. The minimum absolute atomic E-state index is 0.113. The summed E-state index contributed by atoms with van der Waals surface area (Å²) in [6.07, 6.45) is 6.89. The first-order valence-corrected chi connectivity index (χ1v) is 7.56. The van der Waals surface area contributed by atoms with Crippen LogP contribution in [0, 0.1) is 12.3 Å². The van der Waals surface area contributed by atoms with Gasteiger partial charge < -0.3 is 9.47 Å². The number of benzene rings is 1. The fraction of sp³-hybridized carbons (Fsp3) is 0.267. The maximum Gasteiger partial charge on any atom is 0.229 e. The zero-order valence-electron chi connectivity index (χ0n) is 12.2. The summed E-state index contributed by atoms with van der Waals surface area (Å²) in [4.78, 5) is 15.9. The maximum atomic E-state index is 11.9. The van der Waals surface area contributed by atoms with Crippen molar-refractivity contribution in [1.29, 1.82) is 0 Å². The molecule has 2 aromatic rings. The normalized spacial score (nSPS) is 16.2. The second kappa shape index (κ2) is 6.30. The molecule has 1 N–H and O–H groups in total. The highest BCUT2D eigenvalue weighted by Gasteiger charge is 2.29. The summed E-state index contributed by atoms with van der Waals surface area (Å²) < 4.78 is 13.2. The van der Waals surface area contributed by atoms with Crippen LogP contribution in [0.5, 0.6) is 11.5 Å². The smallest absolute Gasteiger partial charge is 0.229 e. The van der Waals surface area contributed by atoms with Crippen molar-refractivity contribution in [1.82, 2.24) is 14.8 Å². The lowest BCUT2D eigenvalue weighted by Gasteiger charge is -2.24. The monoisotopic (exact) mass is 376 g/mol. The van der Waals surface area contributed by atoms with Crippen LogP contribution in [0.25, 0.3) is 0 Å². The van der Waals surface area contributed by atoms with Crippen molar-refractivity contribution in [3.63, 3.8) is 0 Å². The van der Waals surface area contributed by atoms with E-state index in [0.29, 0.717) is 21.9 Å². The number of hydrogen-bond donors (Lipinski definition) is 1. The molecule has 1 amide bonds. The van der Waals surface area contributed by atoms with Crippen molar-refractivity contribution in [2.45, 2.75) is 12.5 Å². The molecule has 1 aliphatic heterocycles. The predicted octanol–water partition coefficient (Wildman–Crippen LogP) is 1.99. The van der Waals surface area contributed by atoms with E-state index in [0.717, 1.165) is 5.56 Å². The van der Waals surface area contributed by atoms with Crippen LogP contribution in [-0.2, 0) is 4.79 Å². The summed E-state index contributed by atoms with van der Waals surface area (Å²) in [5, 5.41) is 6.87. The van der Waals surface area contributed by atoms with E-state index in [2.05, 4.69) is 37.2 Å². The number of methoxy groups -OCH3 is 1. The second-order valence-corrected chi connectivity index (χ2v) is 5.68. The van der Waals surface area contributed by atoms with Crippen molar-refractivity contribution in [2.24, 2.45) is 0 Å². The molecule has 0 fully saturated rings. The number of carbonyl (C=O) groups excluding carboxylic acids is 1. The molecular weight excluding hydrogens is 364 g/mol. The highest BCUT2D eigenvalue weighted by Crippen LogP contribution is 2.40. The summed E-state index contributed by atoms with van der Waals surface area (Å²) >= 11 is 3.46. The topological polar surface area (TPSA) is 78.3 Å². The van der Waals surface area contributed by atoms with Crippen molar-refractivity contribution < 1.29 is 14.3 Å². The minimum atomic E-state index is -0.270. The van der Waals surface area contributed by atoms with E-state index in [1.807, 2.05) is 12.1 Å². The molecule has 0 spiro atoms. The van der Waals surface area contributed by atoms with Crippen LogP contribution < -0.4 is 14.8 Å². The Morgan fingerprint density at radius 3 is 3.13 bits per heavy atom. The Morgan fingerprint density at radius 2 is 2.39 bits per heavy atom. The molecule has 0 aliphatic carbocycles. The van der Waals surface area contributed by atoms with Crippen LogP contribution in [0.15, 0.2) is 22.9 Å². The molecular formula is C15H13BrN4O3. The number of rotatable bonds is 4. The van der Waals surface area contributed by atoms with E-state index < -0.39 is 0 Å². The van der Waals surface area contributed by atoms with E-state index >= 15 is 0 Å². The van der Waals surface area contributed by atoms with Crippen LogP contribution in [0.3, 0.4) is 0 Å². The zero-order valence-corrected chi connectivity index (χ0v) is 13.8. The van der Waals surface area contributed by atoms with Crippen LogP contribution >= 0.6 is 15.9 Å². The molecule has 0 unspecified atom stereocenters. The number of hydrogen-bond acceptors (Lipinski definition) is 5. The van der Waals surface area contributed by atoms with Gasteiger partial charge in [-0.05, 0) is 33.6 Å². The predicted molar refractivity (Wildman–Crippen MR) is 86.4 cm³/mol. The van der Waals surface area contributed by atoms with Gasteiger partial charge in [0.25, 0.3) is 0 Å². The largest absolute Gasteiger partial charge is 0.493 e. The lowest BCUT2D eigenvalue weighted by Crippen LogP contribution is -2.29. The number of nitrogens with zero attached hydrogens (tertiary/aromatic N) is 3. The maximum absolute atomic E-state index is 11.9. The summed E-state index contributed by atoms with van der Waals surface area (Å²) in [6.45, 7) is 0.132. The molecule has 1 aromatic heterocycles. The second-order valence-electron chi connectivity index (χ2n) is 4.82. The van der Waals surface area contributed by atoms with Crippen LogP contribution in [-0.4, -0.2) is 34.4 Å². The van der Waals surface area contributed by atoms with Gasteiger partial charge in [-0.25, -0.2) is 4.68 Å². The van der Waals surface area contributed by atoms with Crippen molar-refractivity contribution in [3.8, 4) is 23.8 Å². The van der Waals surface area contributed by atoms with Crippen LogP contribution in [0.4, 0.5) is 5.95 Å². The van der Waals surface area contributed by atoms with Gasteiger partial charge in [0, 0.05) is 0 Å². The van der Waals surface area contributed by atoms with Crippen LogP contribution in [0.2, 0.25) is 0 Å². The minimum Gasteiger partial charge on any atom is -0.493 e. The molecule has 7 nitrogen and oxygen atoms in total. The molecule has 1 aliphatic rings. The number of halogens is 1. The Hall–Kier alpha value is -2.53. The van der Waals surface area contributed by atoms with E-state index in [4.69, 9.17) is 15.9 Å². The first kappa shape index (κ1) is 15.4. The van der Waals surface area contributed by atoms with Gasteiger partial charge in [0.1, 0.15) is 12.9 Å². The number of amides is 1. The third kappa shape index (κ3) is 2.87. The third-order valence-corrected chi connectivity index (χ3v) is 4.02. The molecule has 0 bridgehead atoms. The highest BCUT2D eigenvalue weighted by molar-refractivity contribution is 9.10. The quantitative estimate of drug-likeness (QED) is 0.825. The lowest BCUT2D eigenvalue weighted by atomic mass is 10.0. The molecule has 0 saturated carbocycles. The summed E-state index contributed by atoms with van der Waals surface area (Å²) in [5.41, 5.74) is 0.850. The zero-order chi connectivity index (χ0) is 16.4. The molecule has 118 valence electrons. The number of nitrogens with one attached hydrogen (secondary N) is 1. The number of anilines is 1. The number of aromatic nitrogens is 3. The van der Waals surface area contributed by atoms with E-state index in [1.54, 1.807) is 11.8 Å². The fourth-order valence-corrected chi connectivity index (χ4v) is 3.02. The van der Waals surface area contributed by atoms with E-state index in [9.17, 15) is 4.79 Å². The Bertz CT molecular complexity index is 797.